The van der Waals surface area contributed by atoms with Crippen LogP contribution in [0.4, 0.5) is 11.5 Å². The standard InChI is InChI=1S/C24H17BrN4O4/c25-17-6-7-20-19(11-17)18(15-4-2-1-3-5-15)12-24(27-20)28-26-14-16-10-22-23(33-9-8-32-22)13-21(16)29(30)31/h1-7,10-14H,8-9H2,(H,27,28). The summed E-state index contributed by atoms with van der Waals surface area (Å²) in [6, 6.07) is 20.7. The number of nitrogens with zero attached hydrogens (tertiary/aromatic N) is 3. The summed E-state index contributed by atoms with van der Waals surface area (Å²) in [6.45, 7) is 0.742. The van der Waals surface area contributed by atoms with Gasteiger partial charge >= 0.3 is 0 Å². The Balaban J connectivity index is 1.50. The van der Waals surface area contributed by atoms with Crippen LogP contribution in [0.5, 0.6) is 11.5 Å². The molecular formula is C24H17BrN4O4. The Bertz CT molecular complexity index is 1390. The zero-order chi connectivity index (χ0) is 22.8. The highest BCUT2D eigenvalue weighted by Crippen LogP contribution is 2.36. The van der Waals surface area contributed by atoms with Crippen molar-refractivity contribution in [2.45, 2.75) is 0 Å². The van der Waals surface area contributed by atoms with Gasteiger partial charge in [0.2, 0.25) is 0 Å². The molecule has 0 atom stereocenters. The van der Waals surface area contributed by atoms with Crippen molar-refractivity contribution in [2.75, 3.05) is 18.6 Å². The number of anilines is 1. The number of benzene rings is 3. The second-order valence-electron chi connectivity index (χ2n) is 7.26. The van der Waals surface area contributed by atoms with Gasteiger partial charge in [0, 0.05) is 9.86 Å². The van der Waals surface area contributed by atoms with Crippen molar-refractivity contribution >= 4 is 44.6 Å². The van der Waals surface area contributed by atoms with Crippen molar-refractivity contribution in [3.63, 3.8) is 0 Å². The third-order valence-electron chi connectivity index (χ3n) is 5.13. The van der Waals surface area contributed by atoms with Crippen LogP contribution >= 0.6 is 15.9 Å². The lowest BCUT2D eigenvalue weighted by Crippen LogP contribution is -2.16. The van der Waals surface area contributed by atoms with E-state index in [9.17, 15) is 10.1 Å². The first-order chi connectivity index (χ1) is 16.1. The number of hydrazone groups is 1. The molecule has 1 aliphatic rings. The average molecular weight is 505 g/mol. The van der Waals surface area contributed by atoms with Crippen LogP contribution in [0.25, 0.3) is 22.0 Å². The third kappa shape index (κ3) is 4.35. The first kappa shape index (κ1) is 20.9. The van der Waals surface area contributed by atoms with Crippen LogP contribution < -0.4 is 14.9 Å². The Morgan fingerprint density at radius 1 is 1.03 bits per heavy atom. The zero-order valence-corrected chi connectivity index (χ0v) is 18.8. The topological polar surface area (TPSA) is 98.9 Å². The minimum absolute atomic E-state index is 0.119. The van der Waals surface area contributed by atoms with Gasteiger partial charge in [-0.1, -0.05) is 46.3 Å². The molecule has 9 heteroatoms. The van der Waals surface area contributed by atoms with Crippen LogP contribution in [0, 0.1) is 10.1 Å². The maximum Gasteiger partial charge on any atom is 0.282 e. The van der Waals surface area contributed by atoms with E-state index in [0.717, 1.165) is 26.5 Å². The average Bonchev–Trinajstić information content (AvgIpc) is 2.83. The molecular weight excluding hydrogens is 488 g/mol. The van der Waals surface area contributed by atoms with E-state index in [0.29, 0.717) is 36.1 Å². The SMILES string of the molecule is O=[N+]([O-])c1cc2c(cc1C=NNc1cc(-c3ccccc3)c3cc(Br)ccc3n1)OCCO2. The molecule has 0 spiro atoms. The van der Waals surface area contributed by atoms with E-state index in [1.165, 1.54) is 12.3 Å². The predicted molar refractivity (Wildman–Crippen MR) is 130 cm³/mol. The molecule has 0 saturated carbocycles. The van der Waals surface area contributed by atoms with Gasteiger partial charge in [0.15, 0.2) is 11.5 Å². The highest BCUT2D eigenvalue weighted by Gasteiger charge is 2.21. The Morgan fingerprint density at radius 3 is 2.55 bits per heavy atom. The molecule has 2 heterocycles. The number of rotatable bonds is 5. The Morgan fingerprint density at radius 2 is 1.79 bits per heavy atom. The van der Waals surface area contributed by atoms with E-state index in [4.69, 9.17) is 9.47 Å². The molecule has 1 aliphatic heterocycles. The second kappa shape index (κ2) is 8.87. The van der Waals surface area contributed by atoms with E-state index in [1.54, 1.807) is 6.07 Å². The number of aromatic nitrogens is 1. The van der Waals surface area contributed by atoms with Gasteiger partial charge in [0.25, 0.3) is 5.69 Å². The summed E-state index contributed by atoms with van der Waals surface area (Å²) in [5.74, 6) is 1.32. The molecule has 1 N–H and O–H groups in total. The molecule has 0 aliphatic carbocycles. The molecule has 0 fully saturated rings. The molecule has 164 valence electrons. The van der Waals surface area contributed by atoms with Gasteiger partial charge in [0.05, 0.1) is 28.3 Å². The van der Waals surface area contributed by atoms with E-state index < -0.39 is 4.92 Å². The first-order valence-electron chi connectivity index (χ1n) is 10.1. The number of hydrogen-bond acceptors (Lipinski definition) is 7. The largest absolute Gasteiger partial charge is 0.486 e. The molecule has 33 heavy (non-hydrogen) atoms. The quantitative estimate of drug-likeness (QED) is 0.210. The van der Waals surface area contributed by atoms with Crippen molar-refractivity contribution in [1.29, 1.82) is 0 Å². The van der Waals surface area contributed by atoms with Crippen LogP contribution in [0.2, 0.25) is 0 Å². The molecule has 0 amide bonds. The van der Waals surface area contributed by atoms with Crippen LogP contribution in [0.15, 0.2) is 76.3 Å². The van der Waals surface area contributed by atoms with Crippen molar-refractivity contribution in [3.05, 3.63) is 86.9 Å². The van der Waals surface area contributed by atoms with Gasteiger partial charge in [-0.3, -0.25) is 15.5 Å². The number of hydrogen-bond donors (Lipinski definition) is 1. The fourth-order valence-electron chi connectivity index (χ4n) is 3.64. The van der Waals surface area contributed by atoms with Gasteiger partial charge < -0.3 is 9.47 Å². The summed E-state index contributed by atoms with van der Waals surface area (Å²) in [4.78, 5) is 15.7. The molecule has 8 nitrogen and oxygen atoms in total. The Kier molecular flexibility index (Phi) is 5.62. The van der Waals surface area contributed by atoms with Crippen molar-refractivity contribution < 1.29 is 14.4 Å². The van der Waals surface area contributed by atoms with Crippen molar-refractivity contribution in [3.8, 4) is 22.6 Å². The molecule has 4 aromatic rings. The van der Waals surface area contributed by atoms with Crippen LogP contribution in [-0.4, -0.2) is 29.3 Å². The van der Waals surface area contributed by atoms with E-state index in [-0.39, 0.29) is 5.69 Å². The fourth-order valence-corrected chi connectivity index (χ4v) is 4.00. The Hall–Kier alpha value is -3.98. The summed E-state index contributed by atoms with van der Waals surface area (Å²) in [5.41, 5.74) is 5.91. The molecule has 3 aromatic carbocycles. The fraction of sp³-hybridized carbons (Fsp3) is 0.0833. The molecule has 0 radical (unpaired) electrons. The molecule has 0 bridgehead atoms. The molecule has 0 unspecified atom stereocenters. The Labute approximate surface area is 197 Å². The molecule has 0 saturated heterocycles. The number of halogens is 1. The lowest BCUT2D eigenvalue weighted by molar-refractivity contribution is -0.385. The van der Waals surface area contributed by atoms with Crippen LogP contribution in [-0.2, 0) is 0 Å². The van der Waals surface area contributed by atoms with Gasteiger partial charge in [0.1, 0.15) is 19.0 Å². The number of ether oxygens (including phenoxy) is 2. The maximum atomic E-state index is 11.5. The minimum atomic E-state index is -0.473. The summed E-state index contributed by atoms with van der Waals surface area (Å²) >= 11 is 3.53. The van der Waals surface area contributed by atoms with Crippen LogP contribution in [0.3, 0.4) is 0 Å². The smallest absolute Gasteiger partial charge is 0.282 e. The number of nitrogens with one attached hydrogen (secondary N) is 1. The number of nitro benzene ring substituents is 1. The van der Waals surface area contributed by atoms with Gasteiger partial charge in [-0.05, 0) is 41.5 Å². The van der Waals surface area contributed by atoms with Gasteiger partial charge in [-0.2, -0.15) is 5.10 Å². The molecule has 5 rings (SSSR count). The zero-order valence-electron chi connectivity index (χ0n) is 17.2. The van der Waals surface area contributed by atoms with Crippen molar-refractivity contribution in [1.82, 2.24) is 4.98 Å². The summed E-state index contributed by atoms with van der Waals surface area (Å²) < 4.78 is 11.9. The van der Waals surface area contributed by atoms with Gasteiger partial charge in [-0.15, -0.1) is 0 Å². The third-order valence-corrected chi connectivity index (χ3v) is 5.62. The molecule has 1 aromatic heterocycles. The summed E-state index contributed by atoms with van der Waals surface area (Å²) in [7, 11) is 0. The monoisotopic (exact) mass is 504 g/mol. The van der Waals surface area contributed by atoms with Crippen LogP contribution in [0.1, 0.15) is 5.56 Å². The summed E-state index contributed by atoms with van der Waals surface area (Å²) in [6.07, 6.45) is 1.38. The predicted octanol–water partition coefficient (Wildman–Crippen LogP) is 5.79. The van der Waals surface area contributed by atoms with E-state index in [1.807, 2.05) is 54.6 Å². The maximum absolute atomic E-state index is 11.5. The number of nitro groups is 1. The normalized spacial score (nSPS) is 12.8. The highest BCUT2D eigenvalue weighted by atomic mass is 79.9. The second-order valence-corrected chi connectivity index (χ2v) is 8.18. The highest BCUT2D eigenvalue weighted by molar-refractivity contribution is 9.10. The lowest BCUT2D eigenvalue weighted by Gasteiger charge is -2.18. The first-order valence-corrected chi connectivity index (χ1v) is 10.9. The van der Waals surface area contributed by atoms with Crippen molar-refractivity contribution in [2.24, 2.45) is 5.10 Å². The van der Waals surface area contributed by atoms with Gasteiger partial charge in [-0.25, -0.2) is 4.98 Å². The van der Waals surface area contributed by atoms with E-state index in [2.05, 4.69) is 31.4 Å². The number of fused-ring (bicyclic) bond motifs is 2. The van der Waals surface area contributed by atoms with E-state index >= 15 is 0 Å². The minimum Gasteiger partial charge on any atom is -0.486 e. The lowest BCUT2D eigenvalue weighted by atomic mass is 10.0. The summed E-state index contributed by atoms with van der Waals surface area (Å²) in [5, 5.41) is 16.7. The number of pyridine rings is 1.